The lowest BCUT2D eigenvalue weighted by molar-refractivity contribution is 0.455. The third-order valence-corrected chi connectivity index (χ3v) is 6.78. The van der Waals surface area contributed by atoms with Crippen LogP contribution in [0.2, 0.25) is 0 Å². The minimum Gasteiger partial charge on any atom is -0.219 e. The average Bonchev–Trinajstić information content (AvgIpc) is 2.60. The number of hydrogen-bond acceptors (Lipinski definition) is 2. The van der Waals surface area contributed by atoms with Crippen molar-refractivity contribution in [3.8, 4) is 0 Å². The molecule has 24 heavy (non-hydrogen) atoms. The van der Waals surface area contributed by atoms with E-state index in [0.29, 0.717) is 21.6 Å². The molecule has 0 N–H and O–H groups in total. The van der Waals surface area contributed by atoms with Crippen LogP contribution in [0.25, 0.3) is 0 Å². The van der Waals surface area contributed by atoms with Gasteiger partial charge in [0.05, 0.1) is 9.79 Å². The Kier molecular flexibility index (Phi) is 5.09. The molecule has 1 aliphatic rings. The van der Waals surface area contributed by atoms with E-state index >= 15 is 0 Å². The molecule has 3 rings (SSSR count). The van der Waals surface area contributed by atoms with Crippen LogP contribution in [0.1, 0.15) is 56.6 Å². The summed E-state index contributed by atoms with van der Waals surface area (Å²) in [4.78, 5) is 0.800. The SMILES string of the molecule is CC(C)CCC1CCCc2cc(S(=O)(=O)c3ccccc3)ccc21. The summed E-state index contributed by atoms with van der Waals surface area (Å²) in [5, 5.41) is 0. The quantitative estimate of drug-likeness (QED) is 0.731. The van der Waals surface area contributed by atoms with E-state index in [4.69, 9.17) is 0 Å². The summed E-state index contributed by atoms with van der Waals surface area (Å²) in [5.41, 5.74) is 2.60. The van der Waals surface area contributed by atoms with Crippen molar-refractivity contribution in [3.05, 3.63) is 59.7 Å². The Morgan fingerprint density at radius 1 is 1.04 bits per heavy atom. The van der Waals surface area contributed by atoms with E-state index in [1.54, 1.807) is 30.3 Å². The second-order valence-electron chi connectivity index (χ2n) is 7.24. The summed E-state index contributed by atoms with van der Waals surface area (Å²) in [6.07, 6.45) is 5.81. The highest BCUT2D eigenvalue weighted by Crippen LogP contribution is 2.37. The van der Waals surface area contributed by atoms with Gasteiger partial charge in [-0.05, 0) is 72.9 Å². The third-order valence-electron chi connectivity index (χ3n) is 5.01. The van der Waals surface area contributed by atoms with Crippen molar-refractivity contribution in [1.82, 2.24) is 0 Å². The zero-order valence-electron chi connectivity index (χ0n) is 14.5. The van der Waals surface area contributed by atoms with Crippen LogP contribution in [0.3, 0.4) is 0 Å². The molecule has 2 nitrogen and oxygen atoms in total. The van der Waals surface area contributed by atoms with E-state index in [2.05, 4.69) is 19.9 Å². The van der Waals surface area contributed by atoms with Crippen molar-refractivity contribution >= 4 is 9.84 Å². The molecule has 0 radical (unpaired) electrons. The molecular formula is C21H26O2S. The van der Waals surface area contributed by atoms with Gasteiger partial charge in [0, 0.05) is 0 Å². The number of fused-ring (bicyclic) bond motifs is 1. The molecule has 2 aromatic carbocycles. The first-order valence-corrected chi connectivity index (χ1v) is 10.4. The van der Waals surface area contributed by atoms with Crippen LogP contribution in [-0.2, 0) is 16.3 Å². The maximum Gasteiger partial charge on any atom is 0.206 e. The van der Waals surface area contributed by atoms with Gasteiger partial charge in [0.15, 0.2) is 0 Å². The number of benzene rings is 2. The van der Waals surface area contributed by atoms with Gasteiger partial charge in [-0.1, -0.05) is 44.5 Å². The van der Waals surface area contributed by atoms with Crippen molar-refractivity contribution in [2.45, 2.75) is 61.7 Å². The number of rotatable bonds is 5. The van der Waals surface area contributed by atoms with Crippen molar-refractivity contribution in [3.63, 3.8) is 0 Å². The predicted molar refractivity (Wildman–Crippen MR) is 98.1 cm³/mol. The molecule has 1 unspecified atom stereocenters. The molecule has 128 valence electrons. The number of aryl methyl sites for hydroxylation is 1. The summed E-state index contributed by atoms with van der Waals surface area (Å²) in [7, 11) is -3.42. The molecule has 3 heteroatoms. The molecule has 0 aromatic heterocycles. The zero-order chi connectivity index (χ0) is 17.2. The van der Waals surface area contributed by atoms with Gasteiger partial charge in [0.25, 0.3) is 0 Å². The van der Waals surface area contributed by atoms with Gasteiger partial charge in [-0.15, -0.1) is 0 Å². The highest BCUT2D eigenvalue weighted by Gasteiger charge is 2.24. The molecular weight excluding hydrogens is 316 g/mol. The van der Waals surface area contributed by atoms with E-state index in [1.165, 1.54) is 30.4 Å². The standard InChI is InChI=1S/C21H26O2S/c1-16(2)11-12-17-7-6-8-18-15-20(13-14-21(17)18)24(22,23)19-9-4-3-5-10-19/h3-5,9-10,13-17H,6-8,11-12H2,1-2H3. The van der Waals surface area contributed by atoms with Gasteiger partial charge < -0.3 is 0 Å². The third kappa shape index (κ3) is 3.56. The highest BCUT2D eigenvalue weighted by molar-refractivity contribution is 7.91. The summed E-state index contributed by atoms with van der Waals surface area (Å²) in [6.45, 7) is 4.53. The van der Waals surface area contributed by atoms with Gasteiger partial charge in [-0.2, -0.15) is 0 Å². The Hall–Kier alpha value is -1.61. The zero-order valence-corrected chi connectivity index (χ0v) is 15.4. The molecule has 0 saturated heterocycles. The molecule has 0 bridgehead atoms. The van der Waals surface area contributed by atoms with Gasteiger partial charge in [-0.25, -0.2) is 8.42 Å². The van der Waals surface area contributed by atoms with Crippen LogP contribution in [-0.4, -0.2) is 8.42 Å². The van der Waals surface area contributed by atoms with Gasteiger partial charge >= 0.3 is 0 Å². The average molecular weight is 343 g/mol. The molecule has 0 amide bonds. The Morgan fingerprint density at radius 2 is 1.79 bits per heavy atom. The maximum atomic E-state index is 12.8. The van der Waals surface area contributed by atoms with Crippen molar-refractivity contribution < 1.29 is 8.42 Å². The largest absolute Gasteiger partial charge is 0.219 e. The molecule has 1 atom stereocenters. The fourth-order valence-electron chi connectivity index (χ4n) is 3.63. The molecule has 0 fully saturated rings. The summed E-state index contributed by atoms with van der Waals surface area (Å²) in [5.74, 6) is 1.30. The van der Waals surface area contributed by atoms with E-state index in [1.807, 2.05) is 12.1 Å². The lowest BCUT2D eigenvalue weighted by Crippen LogP contribution is -2.12. The molecule has 0 aliphatic heterocycles. The topological polar surface area (TPSA) is 34.1 Å². The fraction of sp³-hybridized carbons (Fsp3) is 0.429. The van der Waals surface area contributed by atoms with Crippen LogP contribution >= 0.6 is 0 Å². The Balaban J connectivity index is 1.91. The normalized spacial score (nSPS) is 17.7. The van der Waals surface area contributed by atoms with Crippen LogP contribution in [0, 0.1) is 5.92 Å². The first-order valence-electron chi connectivity index (χ1n) is 8.91. The Labute approximate surface area is 145 Å². The lowest BCUT2D eigenvalue weighted by Gasteiger charge is -2.26. The predicted octanol–water partition coefficient (Wildman–Crippen LogP) is 5.38. The summed E-state index contributed by atoms with van der Waals surface area (Å²) >= 11 is 0. The summed E-state index contributed by atoms with van der Waals surface area (Å²) < 4.78 is 25.6. The van der Waals surface area contributed by atoms with Crippen molar-refractivity contribution in [2.24, 2.45) is 5.92 Å². The smallest absolute Gasteiger partial charge is 0.206 e. The van der Waals surface area contributed by atoms with Crippen molar-refractivity contribution in [1.29, 1.82) is 0 Å². The van der Waals surface area contributed by atoms with Crippen LogP contribution in [0.4, 0.5) is 0 Å². The second kappa shape index (κ2) is 7.10. The molecule has 0 spiro atoms. The van der Waals surface area contributed by atoms with Crippen LogP contribution in [0.5, 0.6) is 0 Å². The molecule has 0 saturated carbocycles. The minimum atomic E-state index is -3.42. The van der Waals surface area contributed by atoms with Gasteiger partial charge in [0.1, 0.15) is 0 Å². The van der Waals surface area contributed by atoms with E-state index in [9.17, 15) is 8.42 Å². The monoisotopic (exact) mass is 342 g/mol. The fourth-order valence-corrected chi connectivity index (χ4v) is 4.96. The first-order chi connectivity index (χ1) is 11.5. The second-order valence-corrected chi connectivity index (χ2v) is 9.19. The van der Waals surface area contributed by atoms with Gasteiger partial charge in [-0.3, -0.25) is 0 Å². The molecule has 2 aromatic rings. The maximum absolute atomic E-state index is 12.8. The van der Waals surface area contributed by atoms with E-state index < -0.39 is 9.84 Å². The number of sulfone groups is 1. The van der Waals surface area contributed by atoms with Crippen molar-refractivity contribution in [2.75, 3.05) is 0 Å². The van der Waals surface area contributed by atoms with Crippen LogP contribution < -0.4 is 0 Å². The lowest BCUT2D eigenvalue weighted by atomic mass is 9.79. The summed E-state index contributed by atoms with van der Waals surface area (Å²) in [6, 6.07) is 14.5. The van der Waals surface area contributed by atoms with Gasteiger partial charge in [0.2, 0.25) is 9.84 Å². The molecule has 0 heterocycles. The number of hydrogen-bond donors (Lipinski definition) is 0. The Morgan fingerprint density at radius 3 is 2.50 bits per heavy atom. The first kappa shape index (κ1) is 17.2. The highest BCUT2D eigenvalue weighted by atomic mass is 32.2. The van der Waals surface area contributed by atoms with E-state index in [0.717, 1.165) is 12.8 Å². The molecule has 1 aliphatic carbocycles. The Bertz CT molecular complexity index is 792. The minimum absolute atomic E-state index is 0.372. The van der Waals surface area contributed by atoms with Crippen LogP contribution in [0.15, 0.2) is 58.3 Å². The van der Waals surface area contributed by atoms with E-state index in [-0.39, 0.29) is 0 Å².